The van der Waals surface area contributed by atoms with Crippen LogP contribution in [0, 0.1) is 0 Å². The maximum Gasteiger partial charge on any atom is 0.273 e. The minimum atomic E-state index is -0.187. The largest absolute Gasteiger partial charge is 0.365 e. The maximum atomic E-state index is 12.1. The summed E-state index contributed by atoms with van der Waals surface area (Å²) in [6.07, 6.45) is 1.87. The van der Waals surface area contributed by atoms with Crippen LogP contribution >= 0.6 is 11.6 Å². The van der Waals surface area contributed by atoms with Crippen LogP contribution in [0.4, 0.5) is 0 Å². The third-order valence-electron chi connectivity index (χ3n) is 3.87. The van der Waals surface area contributed by atoms with E-state index in [0.29, 0.717) is 30.4 Å². The molecule has 0 aliphatic carbocycles. The molecule has 0 bridgehead atoms. The number of nitrogens with one attached hydrogen (secondary N) is 1. The van der Waals surface area contributed by atoms with E-state index in [9.17, 15) is 4.79 Å². The number of nitrogens with zero attached hydrogens (tertiary/aromatic N) is 3. The monoisotopic (exact) mass is 334 g/mol. The second-order valence-corrected chi connectivity index (χ2v) is 5.96. The number of ether oxygens (including phenoxy) is 1. The van der Waals surface area contributed by atoms with Gasteiger partial charge in [-0.25, -0.2) is 4.68 Å². The number of carbonyl (C=O) groups is 1. The molecule has 23 heavy (non-hydrogen) atoms. The molecule has 1 aliphatic rings. The highest BCUT2D eigenvalue weighted by atomic mass is 35.5. The number of benzene rings is 1. The molecule has 1 atom stereocenters. The van der Waals surface area contributed by atoms with Crippen molar-refractivity contribution in [1.29, 1.82) is 0 Å². The van der Waals surface area contributed by atoms with E-state index in [1.807, 2.05) is 24.3 Å². The van der Waals surface area contributed by atoms with E-state index in [4.69, 9.17) is 16.3 Å². The molecule has 2 aromatic rings. The standard InChI is InChI=1S/C16H19ClN4O2/c1-2-3-8-18-16(22)15-13-10-23-14(9-21(13)20-19-15)11-4-6-12(17)7-5-11/h4-7,14H,2-3,8-10H2,1H3,(H,18,22)/t14-/m0/s1. The van der Waals surface area contributed by atoms with Crippen molar-refractivity contribution in [3.8, 4) is 0 Å². The van der Waals surface area contributed by atoms with Crippen molar-refractivity contribution in [3.63, 3.8) is 0 Å². The summed E-state index contributed by atoms with van der Waals surface area (Å²) in [5.74, 6) is -0.187. The quantitative estimate of drug-likeness (QED) is 0.854. The Labute approximate surface area is 139 Å². The van der Waals surface area contributed by atoms with Gasteiger partial charge in [-0.1, -0.05) is 42.3 Å². The molecule has 1 N–H and O–H groups in total. The number of carbonyl (C=O) groups excluding carboxylic acids is 1. The van der Waals surface area contributed by atoms with Crippen LogP contribution in [0.2, 0.25) is 5.02 Å². The Morgan fingerprint density at radius 2 is 2.22 bits per heavy atom. The van der Waals surface area contributed by atoms with Crippen molar-refractivity contribution in [2.75, 3.05) is 6.54 Å². The van der Waals surface area contributed by atoms with Gasteiger partial charge in [0.1, 0.15) is 6.10 Å². The molecule has 1 aromatic carbocycles. The summed E-state index contributed by atoms with van der Waals surface area (Å²) in [5.41, 5.74) is 2.12. The van der Waals surface area contributed by atoms with E-state index in [1.165, 1.54) is 0 Å². The molecule has 0 saturated heterocycles. The fraction of sp³-hybridized carbons (Fsp3) is 0.438. The van der Waals surface area contributed by atoms with E-state index in [-0.39, 0.29) is 12.0 Å². The summed E-state index contributed by atoms with van der Waals surface area (Å²) in [6.45, 7) is 3.58. The van der Waals surface area contributed by atoms with E-state index in [1.54, 1.807) is 4.68 Å². The first-order valence-corrected chi connectivity index (χ1v) is 8.14. The lowest BCUT2D eigenvalue weighted by Crippen LogP contribution is -2.28. The Bertz CT molecular complexity index is 684. The Morgan fingerprint density at radius 1 is 1.43 bits per heavy atom. The normalized spacial score (nSPS) is 16.9. The number of halogens is 1. The van der Waals surface area contributed by atoms with Crippen molar-refractivity contribution in [3.05, 3.63) is 46.2 Å². The summed E-state index contributed by atoms with van der Waals surface area (Å²) >= 11 is 5.91. The molecule has 0 fully saturated rings. The van der Waals surface area contributed by atoms with Crippen LogP contribution in [0.15, 0.2) is 24.3 Å². The van der Waals surface area contributed by atoms with Gasteiger partial charge in [0.05, 0.1) is 18.8 Å². The fourth-order valence-corrected chi connectivity index (χ4v) is 2.66. The third-order valence-corrected chi connectivity index (χ3v) is 4.12. The number of hydrogen-bond donors (Lipinski definition) is 1. The van der Waals surface area contributed by atoms with Crippen LogP contribution in [0.1, 0.15) is 47.6 Å². The van der Waals surface area contributed by atoms with Gasteiger partial charge in [-0.3, -0.25) is 4.79 Å². The Balaban J connectivity index is 1.71. The summed E-state index contributed by atoms with van der Waals surface area (Å²) in [6, 6.07) is 7.55. The van der Waals surface area contributed by atoms with Gasteiger partial charge in [-0.15, -0.1) is 5.10 Å². The van der Waals surface area contributed by atoms with Gasteiger partial charge in [-0.2, -0.15) is 0 Å². The predicted molar refractivity (Wildman–Crippen MR) is 86.2 cm³/mol. The van der Waals surface area contributed by atoms with Gasteiger partial charge in [-0.05, 0) is 24.1 Å². The Morgan fingerprint density at radius 3 is 2.96 bits per heavy atom. The number of fused-ring (bicyclic) bond motifs is 1. The molecule has 2 heterocycles. The van der Waals surface area contributed by atoms with Gasteiger partial charge >= 0.3 is 0 Å². The maximum absolute atomic E-state index is 12.1. The lowest BCUT2D eigenvalue weighted by Gasteiger charge is -2.24. The second-order valence-electron chi connectivity index (χ2n) is 5.53. The van der Waals surface area contributed by atoms with Gasteiger partial charge < -0.3 is 10.1 Å². The Kier molecular flexibility index (Phi) is 4.93. The van der Waals surface area contributed by atoms with Crippen molar-refractivity contribution in [1.82, 2.24) is 20.3 Å². The average molecular weight is 335 g/mol. The minimum absolute atomic E-state index is 0.113. The molecule has 7 heteroatoms. The highest BCUT2D eigenvalue weighted by Crippen LogP contribution is 2.27. The summed E-state index contributed by atoms with van der Waals surface area (Å²) in [4.78, 5) is 12.1. The zero-order chi connectivity index (χ0) is 16.2. The molecule has 1 aromatic heterocycles. The number of amides is 1. The van der Waals surface area contributed by atoms with Crippen molar-refractivity contribution >= 4 is 17.5 Å². The van der Waals surface area contributed by atoms with Crippen LogP contribution < -0.4 is 5.32 Å². The first-order valence-electron chi connectivity index (χ1n) is 7.76. The van der Waals surface area contributed by atoms with E-state index in [0.717, 1.165) is 24.1 Å². The molecule has 6 nitrogen and oxygen atoms in total. The Hall–Kier alpha value is -1.92. The third kappa shape index (κ3) is 3.54. The molecule has 0 spiro atoms. The fourth-order valence-electron chi connectivity index (χ4n) is 2.53. The number of unbranched alkanes of at least 4 members (excludes halogenated alkanes) is 1. The molecule has 122 valence electrons. The molecule has 1 aliphatic heterocycles. The van der Waals surface area contributed by atoms with Gasteiger partial charge in [0, 0.05) is 11.6 Å². The topological polar surface area (TPSA) is 69.0 Å². The van der Waals surface area contributed by atoms with Gasteiger partial charge in [0.15, 0.2) is 5.69 Å². The van der Waals surface area contributed by atoms with Crippen molar-refractivity contribution in [2.45, 2.75) is 39.0 Å². The van der Waals surface area contributed by atoms with Crippen LogP contribution in [-0.2, 0) is 17.9 Å². The van der Waals surface area contributed by atoms with Gasteiger partial charge in [0.2, 0.25) is 0 Å². The molecule has 0 saturated carbocycles. The van der Waals surface area contributed by atoms with Crippen LogP contribution in [0.25, 0.3) is 0 Å². The molecule has 0 radical (unpaired) electrons. The number of rotatable bonds is 5. The van der Waals surface area contributed by atoms with Crippen molar-refractivity contribution in [2.24, 2.45) is 0 Å². The summed E-state index contributed by atoms with van der Waals surface area (Å²) in [5, 5.41) is 11.7. The smallest absolute Gasteiger partial charge is 0.273 e. The highest BCUT2D eigenvalue weighted by Gasteiger charge is 2.27. The SMILES string of the molecule is CCCCNC(=O)c1nnn2c1CO[C@H](c1ccc(Cl)cc1)C2. The minimum Gasteiger partial charge on any atom is -0.365 e. The van der Waals surface area contributed by atoms with E-state index >= 15 is 0 Å². The van der Waals surface area contributed by atoms with Gasteiger partial charge in [0.25, 0.3) is 5.91 Å². The zero-order valence-electron chi connectivity index (χ0n) is 13.0. The molecular formula is C16H19ClN4O2. The number of aromatic nitrogens is 3. The average Bonchev–Trinajstić information content (AvgIpc) is 2.99. The summed E-state index contributed by atoms with van der Waals surface area (Å²) < 4.78 is 7.63. The lowest BCUT2D eigenvalue weighted by molar-refractivity contribution is -0.00176. The van der Waals surface area contributed by atoms with Crippen LogP contribution in [-0.4, -0.2) is 27.4 Å². The second kappa shape index (κ2) is 7.10. The molecule has 0 unspecified atom stereocenters. The van der Waals surface area contributed by atoms with Crippen LogP contribution in [0.5, 0.6) is 0 Å². The first kappa shape index (κ1) is 16.0. The number of hydrogen-bond acceptors (Lipinski definition) is 4. The molecular weight excluding hydrogens is 316 g/mol. The highest BCUT2D eigenvalue weighted by molar-refractivity contribution is 6.30. The molecule has 1 amide bonds. The molecule has 3 rings (SSSR count). The summed E-state index contributed by atoms with van der Waals surface area (Å²) in [7, 11) is 0. The predicted octanol–water partition coefficient (Wildman–Crippen LogP) is 2.73. The van der Waals surface area contributed by atoms with E-state index < -0.39 is 0 Å². The zero-order valence-corrected chi connectivity index (χ0v) is 13.7. The van der Waals surface area contributed by atoms with Crippen molar-refractivity contribution < 1.29 is 9.53 Å². The lowest BCUT2D eigenvalue weighted by atomic mass is 10.1. The van der Waals surface area contributed by atoms with E-state index in [2.05, 4.69) is 22.6 Å². The van der Waals surface area contributed by atoms with Crippen LogP contribution in [0.3, 0.4) is 0 Å². The first-order chi connectivity index (χ1) is 11.2.